The molecule has 4 heteroatoms. The second-order valence-corrected chi connectivity index (χ2v) is 5.51. The summed E-state index contributed by atoms with van der Waals surface area (Å²) in [5.74, 6) is 0.456. The molecule has 1 atom stereocenters. The predicted molar refractivity (Wildman–Crippen MR) is 69.8 cm³/mol. The van der Waals surface area contributed by atoms with Crippen LogP contribution in [0.15, 0.2) is 29.2 Å². The van der Waals surface area contributed by atoms with Gasteiger partial charge in [0.05, 0.1) is 5.41 Å². The minimum absolute atomic E-state index is 0.239. The number of rotatable bonds is 5. The summed E-state index contributed by atoms with van der Waals surface area (Å²) in [6.45, 7) is 3.88. The molecule has 88 valence electrons. The van der Waals surface area contributed by atoms with Gasteiger partial charge in [-0.3, -0.25) is 4.79 Å². The highest BCUT2D eigenvalue weighted by Gasteiger charge is 2.28. The molecule has 0 spiro atoms. The van der Waals surface area contributed by atoms with Crippen molar-refractivity contribution in [1.29, 1.82) is 0 Å². The SMILES string of the molecule is CCC(C)(CSc1ccc(Cl)cc1)C(N)=O. The van der Waals surface area contributed by atoms with Crippen LogP contribution in [0.3, 0.4) is 0 Å². The third-order valence-electron chi connectivity index (χ3n) is 2.75. The van der Waals surface area contributed by atoms with E-state index in [1.165, 1.54) is 0 Å². The molecule has 0 radical (unpaired) electrons. The summed E-state index contributed by atoms with van der Waals surface area (Å²) in [5.41, 5.74) is 4.96. The molecule has 0 saturated heterocycles. The van der Waals surface area contributed by atoms with Gasteiger partial charge in [-0.05, 0) is 37.6 Å². The monoisotopic (exact) mass is 257 g/mol. The van der Waals surface area contributed by atoms with Crippen molar-refractivity contribution in [3.05, 3.63) is 29.3 Å². The largest absolute Gasteiger partial charge is 0.369 e. The van der Waals surface area contributed by atoms with E-state index in [9.17, 15) is 4.79 Å². The Morgan fingerprint density at radius 3 is 2.44 bits per heavy atom. The van der Waals surface area contributed by atoms with Crippen LogP contribution in [0.5, 0.6) is 0 Å². The Hall–Kier alpha value is -0.670. The lowest BCUT2D eigenvalue weighted by atomic mass is 9.89. The fourth-order valence-electron chi connectivity index (χ4n) is 1.12. The molecule has 2 N–H and O–H groups in total. The molecule has 0 aliphatic heterocycles. The number of thioether (sulfide) groups is 1. The molecule has 1 rings (SSSR count). The lowest BCUT2D eigenvalue weighted by Crippen LogP contribution is -2.35. The summed E-state index contributed by atoms with van der Waals surface area (Å²) >= 11 is 7.43. The minimum Gasteiger partial charge on any atom is -0.369 e. The molecule has 16 heavy (non-hydrogen) atoms. The maximum absolute atomic E-state index is 11.3. The first-order valence-electron chi connectivity index (χ1n) is 5.16. The number of amides is 1. The smallest absolute Gasteiger partial charge is 0.224 e. The van der Waals surface area contributed by atoms with E-state index in [2.05, 4.69) is 0 Å². The molecule has 1 unspecified atom stereocenters. The van der Waals surface area contributed by atoms with Crippen LogP contribution in [0.1, 0.15) is 20.3 Å². The maximum Gasteiger partial charge on any atom is 0.224 e. The highest BCUT2D eigenvalue weighted by atomic mass is 35.5. The lowest BCUT2D eigenvalue weighted by molar-refractivity contribution is -0.125. The number of nitrogens with two attached hydrogens (primary N) is 1. The molecule has 1 amide bonds. The Morgan fingerprint density at radius 2 is 2.00 bits per heavy atom. The first-order valence-corrected chi connectivity index (χ1v) is 6.52. The van der Waals surface area contributed by atoms with Gasteiger partial charge >= 0.3 is 0 Å². The average molecular weight is 258 g/mol. The van der Waals surface area contributed by atoms with Gasteiger partial charge in [-0.15, -0.1) is 11.8 Å². The Balaban J connectivity index is 2.63. The zero-order chi connectivity index (χ0) is 12.2. The highest BCUT2D eigenvalue weighted by molar-refractivity contribution is 7.99. The molecular weight excluding hydrogens is 242 g/mol. The van der Waals surface area contributed by atoms with Crippen LogP contribution in [0.4, 0.5) is 0 Å². The standard InChI is InChI=1S/C12H16ClNOS/c1-3-12(2,11(14)15)8-16-10-6-4-9(13)5-7-10/h4-7H,3,8H2,1-2H3,(H2,14,15). The van der Waals surface area contributed by atoms with Crippen molar-refractivity contribution >= 4 is 29.3 Å². The Kier molecular flexibility index (Phi) is 4.69. The molecule has 0 bridgehead atoms. The third-order valence-corrected chi connectivity index (χ3v) is 4.39. The molecular formula is C12H16ClNOS. The second-order valence-electron chi connectivity index (χ2n) is 4.02. The van der Waals surface area contributed by atoms with Crippen molar-refractivity contribution < 1.29 is 4.79 Å². The van der Waals surface area contributed by atoms with Crippen molar-refractivity contribution in [3.8, 4) is 0 Å². The summed E-state index contributed by atoms with van der Waals surface area (Å²) in [6, 6.07) is 7.59. The van der Waals surface area contributed by atoms with E-state index < -0.39 is 5.41 Å². The molecule has 2 nitrogen and oxygen atoms in total. The fraction of sp³-hybridized carbons (Fsp3) is 0.417. The molecule has 0 aliphatic carbocycles. The van der Waals surface area contributed by atoms with E-state index in [1.807, 2.05) is 38.1 Å². The van der Waals surface area contributed by atoms with Crippen LogP contribution in [0, 0.1) is 5.41 Å². The van der Waals surface area contributed by atoms with E-state index in [0.717, 1.165) is 16.3 Å². The number of carbonyl (C=O) groups is 1. The Morgan fingerprint density at radius 1 is 1.44 bits per heavy atom. The van der Waals surface area contributed by atoms with Gasteiger partial charge in [0.25, 0.3) is 0 Å². The number of carbonyl (C=O) groups excluding carboxylic acids is 1. The first kappa shape index (κ1) is 13.4. The van der Waals surface area contributed by atoms with Crippen LogP contribution in [-0.2, 0) is 4.79 Å². The summed E-state index contributed by atoms with van der Waals surface area (Å²) in [5, 5.41) is 0.720. The van der Waals surface area contributed by atoms with E-state index in [1.54, 1.807) is 11.8 Å². The van der Waals surface area contributed by atoms with Crippen molar-refractivity contribution in [3.63, 3.8) is 0 Å². The van der Waals surface area contributed by atoms with E-state index in [-0.39, 0.29) is 5.91 Å². The van der Waals surface area contributed by atoms with Crippen LogP contribution in [0.25, 0.3) is 0 Å². The Bertz CT molecular complexity index is 366. The Labute approximate surface area is 106 Å². The van der Waals surface area contributed by atoms with E-state index >= 15 is 0 Å². The van der Waals surface area contributed by atoms with Gasteiger partial charge in [-0.2, -0.15) is 0 Å². The first-order chi connectivity index (χ1) is 7.48. The van der Waals surface area contributed by atoms with Gasteiger partial charge in [-0.25, -0.2) is 0 Å². The van der Waals surface area contributed by atoms with Crippen molar-refractivity contribution in [2.24, 2.45) is 11.1 Å². The molecule has 0 fully saturated rings. The van der Waals surface area contributed by atoms with Crippen molar-refractivity contribution in [1.82, 2.24) is 0 Å². The van der Waals surface area contributed by atoms with E-state index in [0.29, 0.717) is 5.75 Å². The highest BCUT2D eigenvalue weighted by Crippen LogP contribution is 2.30. The number of hydrogen-bond donors (Lipinski definition) is 1. The van der Waals surface area contributed by atoms with Gasteiger partial charge in [0.15, 0.2) is 0 Å². The fourth-order valence-corrected chi connectivity index (χ4v) is 2.41. The van der Waals surface area contributed by atoms with Crippen LogP contribution in [-0.4, -0.2) is 11.7 Å². The zero-order valence-electron chi connectivity index (χ0n) is 9.50. The number of hydrogen-bond acceptors (Lipinski definition) is 2. The van der Waals surface area contributed by atoms with Crippen LogP contribution < -0.4 is 5.73 Å². The summed E-state index contributed by atoms with van der Waals surface area (Å²) in [7, 11) is 0. The van der Waals surface area contributed by atoms with Crippen LogP contribution >= 0.6 is 23.4 Å². The normalized spacial score (nSPS) is 14.4. The van der Waals surface area contributed by atoms with Crippen LogP contribution in [0.2, 0.25) is 5.02 Å². The molecule has 0 saturated carbocycles. The number of benzene rings is 1. The second kappa shape index (κ2) is 5.60. The van der Waals surface area contributed by atoms with Gasteiger partial charge in [0.2, 0.25) is 5.91 Å². The van der Waals surface area contributed by atoms with Gasteiger partial charge < -0.3 is 5.73 Å². The zero-order valence-corrected chi connectivity index (χ0v) is 11.1. The molecule has 1 aromatic carbocycles. The summed E-state index contributed by atoms with van der Waals surface area (Å²) in [4.78, 5) is 12.4. The number of halogens is 1. The van der Waals surface area contributed by atoms with Gasteiger partial charge in [-0.1, -0.05) is 18.5 Å². The molecule has 0 aromatic heterocycles. The third kappa shape index (κ3) is 3.42. The maximum atomic E-state index is 11.3. The van der Waals surface area contributed by atoms with Crippen molar-refractivity contribution in [2.75, 3.05) is 5.75 Å². The molecule has 0 heterocycles. The topological polar surface area (TPSA) is 43.1 Å². The number of primary amides is 1. The average Bonchev–Trinajstić information content (AvgIpc) is 2.27. The molecule has 0 aliphatic rings. The summed E-state index contributed by atoms with van der Waals surface area (Å²) in [6.07, 6.45) is 0.753. The van der Waals surface area contributed by atoms with Gasteiger partial charge in [0.1, 0.15) is 0 Å². The van der Waals surface area contributed by atoms with Gasteiger partial charge in [0, 0.05) is 15.7 Å². The predicted octanol–water partition coefficient (Wildman–Crippen LogP) is 3.33. The summed E-state index contributed by atoms with van der Waals surface area (Å²) < 4.78 is 0. The lowest BCUT2D eigenvalue weighted by Gasteiger charge is -2.23. The quantitative estimate of drug-likeness (QED) is 0.823. The minimum atomic E-state index is -0.440. The van der Waals surface area contributed by atoms with Crippen molar-refractivity contribution in [2.45, 2.75) is 25.2 Å². The molecule has 1 aromatic rings. The van der Waals surface area contributed by atoms with E-state index in [4.69, 9.17) is 17.3 Å².